The summed E-state index contributed by atoms with van der Waals surface area (Å²) >= 11 is 0. The minimum Gasteiger partial charge on any atom is -0.468 e. The number of ether oxygens (including phenoxy) is 2. The molecule has 170 valence electrons. The van der Waals surface area contributed by atoms with Crippen molar-refractivity contribution in [3.8, 4) is 0 Å². The maximum atomic E-state index is 13.3. The average molecular weight is 440 g/mol. The summed E-state index contributed by atoms with van der Waals surface area (Å²) in [6.45, 7) is 1.53. The van der Waals surface area contributed by atoms with Gasteiger partial charge in [-0.3, -0.25) is 9.59 Å². The predicted molar refractivity (Wildman–Crippen MR) is 120 cm³/mol. The fourth-order valence-electron chi connectivity index (χ4n) is 3.63. The molecule has 0 aliphatic carbocycles. The highest BCUT2D eigenvalue weighted by Crippen LogP contribution is 2.24. The van der Waals surface area contributed by atoms with Gasteiger partial charge in [0.25, 0.3) is 0 Å². The molecule has 3 N–H and O–H groups in total. The van der Waals surface area contributed by atoms with Crippen LogP contribution < -0.4 is 16.0 Å². The van der Waals surface area contributed by atoms with E-state index in [0.717, 1.165) is 29.1 Å². The van der Waals surface area contributed by atoms with Crippen LogP contribution in [0, 0.1) is 5.92 Å². The number of amides is 2. The number of esters is 1. The molecular weight excluding hydrogens is 410 g/mol. The van der Waals surface area contributed by atoms with E-state index in [-0.39, 0.29) is 24.9 Å². The summed E-state index contributed by atoms with van der Waals surface area (Å²) in [6, 6.07) is 15.3. The van der Waals surface area contributed by atoms with Crippen LogP contribution in [0.5, 0.6) is 0 Å². The third kappa shape index (κ3) is 6.15. The van der Waals surface area contributed by atoms with Crippen LogP contribution in [-0.4, -0.2) is 44.2 Å². The maximum absolute atomic E-state index is 13.3. The fraction of sp³-hybridized carbons (Fsp3) is 0.375. The van der Waals surface area contributed by atoms with Gasteiger partial charge in [-0.05, 0) is 55.6 Å². The number of hydrogen-bond donors (Lipinski definition) is 2. The van der Waals surface area contributed by atoms with Gasteiger partial charge in [-0.2, -0.15) is 0 Å². The van der Waals surface area contributed by atoms with Gasteiger partial charge in [-0.25, -0.2) is 9.69 Å². The van der Waals surface area contributed by atoms with Crippen molar-refractivity contribution in [2.75, 3.05) is 25.1 Å². The summed E-state index contributed by atoms with van der Waals surface area (Å²) in [5.74, 6) is -1.03. The highest BCUT2D eigenvalue weighted by molar-refractivity contribution is 6.13. The second kappa shape index (κ2) is 11.4. The Balaban J connectivity index is 1.77. The molecule has 0 radical (unpaired) electrons. The van der Waals surface area contributed by atoms with E-state index in [2.05, 4.69) is 10.1 Å². The monoisotopic (exact) mass is 439 g/mol. The van der Waals surface area contributed by atoms with E-state index in [4.69, 9.17) is 10.5 Å². The molecule has 1 heterocycles. The molecule has 2 aromatic carbocycles. The molecule has 0 bridgehead atoms. The van der Waals surface area contributed by atoms with Crippen molar-refractivity contribution in [2.45, 2.75) is 31.9 Å². The van der Waals surface area contributed by atoms with E-state index in [1.54, 1.807) is 24.3 Å². The molecule has 1 saturated heterocycles. The van der Waals surface area contributed by atoms with E-state index in [0.29, 0.717) is 18.5 Å². The Hall–Kier alpha value is -3.23. The zero-order chi connectivity index (χ0) is 22.9. The molecule has 2 aromatic rings. The average Bonchev–Trinajstić information content (AvgIpc) is 2.84. The molecule has 0 spiro atoms. The van der Waals surface area contributed by atoms with Crippen molar-refractivity contribution in [3.05, 3.63) is 65.7 Å². The third-order valence-electron chi connectivity index (χ3n) is 5.45. The summed E-state index contributed by atoms with van der Waals surface area (Å²) in [6.07, 6.45) is 0.894. The van der Waals surface area contributed by atoms with Crippen molar-refractivity contribution in [2.24, 2.45) is 11.7 Å². The summed E-state index contributed by atoms with van der Waals surface area (Å²) in [4.78, 5) is 38.9. The van der Waals surface area contributed by atoms with Crippen LogP contribution in [0.1, 0.15) is 24.0 Å². The number of carbonyl (C=O) groups excluding carboxylic acids is 3. The number of hydrogen-bond acceptors (Lipinski definition) is 7. The number of anilines is 1. The van der Waals surface area contributed by atoms with E-state index in [1.165, 1.54) is 7.11 Å². The van der Waals surface area contributed by atoms with Crippen LogP contribution in [0.25, 0.3) is 0 Å². The van der Waals surface area contributed by atoms with Crippen LogP contribution in [0.2, 0.25) is 0 Å². The molecule has 0 unspecified atom stereocenters. The molecule has 8 nitrogen and oxygen atoms in total. The Labute approximate surface area is 187 Å². The first kappa shape index (κ1) is 23.4. The van der Waals surface area contributed by atoms with Crippen LogP contribution in [-0.2, 0) is 32.1 Å². The van der Waals surface area contributed by atoms with Gasteiger partial charge in [0.2, 0.25) is 5.91 Å². The summed E-state index contributed by atoms with van der Waals surface area (Å²) in [5.41, 5.74) is 7.87. The first-order valence-electron chi connectivity index (χ1n) is 10.7. The molecule has 1 aliphatic heterocycles. The van der Waals surface area contributed by atoms with Gasteiger partial charge < -0.3 is 20.5 Å². The number of methoxy groups -OCH3 is 1. The minimum atomic E-state index is -0.783. The number of nitrogens with zero attached hydrogens (tertiary/aromatic N) is 1. The molecular formula is C24H29N3O5. The van der Waals surface area contributed by atoms with E-state index >= 15 is 0 Å². The summed E-state index contributed by atoms with van der Waals surface area (Å²) < 4.78 is 10.1. The quantitative estimate of drug-likeness (QED) is 0.637. The lowest BCUT2D eigenvalue weighted by Gasteiger charge is -2.28. The Morgan fingerprint density at radius 2 is 1.69 bits per heavy atom. The fourth-order valence-corrected chi connectivity index (χ4v) is 3.63. The molecule has 1 aliphatic rings. The lowest BCUT2D eigenvalue weighted by atomic mass is 9.96. The normalized spacial score (nSPS) is 14.9. The number of rotatable bonds is 7. The van der Waals surface area contributed by atoms with Gasteiger partial charge in [-0.1, -0.05) is 42.5 Å². The predicted octanol–water partition coefficient (Wildman–Crippen LogP) is 2.40. The Kier molecular flexibility index (Phi) is 8.35. The maximum Gasteiger partial charge on any atom is 0.421 e. The van der Waals surface area contributed by atoms with E-state index in [9.17, 15) is 14.4 Å². The lowest BCUT2D eigenvalue weighted by Crippen LogP contribution is -2.44. The molecule has 8 heteroatoms. The van der Waals surface area contributed by atoms with Crippen molar-refractivity contribution in [3.63, 3.8) is 0 Å². The number of nitrogens with two attached hydrogens (primary N) is 1. The van der Waals surface area contributed by atoms with Crippen LogP contribution in [0.15, 0.2) is 54.6 Å². The molecule has 3 rings (SSSR count). The Bertz CT molecular complexity index is 911. The van der Waals surface area contributed by atoms with Gasteiger partial charge in [0, 0.05) is 5.92 Å². The van der Waals surface area contributed by atoms with Gasteiger partial charge >= 0.3 is 12.1 Å². The summed E-state index contributed by atoms with van der Waals surface area (Å²) in [5, 5.41) is 3.23. The zero-order valence-corrected chi connectivity index (χ0v) is 18.2. The van der Waals surface area contributed by atoms with Crippen LogP contribution in [0.4, 0.5) is 10.5 Å². The largest absolute Gasteiger partial charge is 0.468 e. The van der Waals surface area contributed by atoms with Crippen molar-refractivity contribution in [1.29, 1.82) is 0 Å². The number of carbonyl (C=O) groups is 3. The second-order valence-corrected chi connectivity index (χ2v) is 7.74. The molecule has 0 saturated carbocycles. The van der Waals surface area contributed by atoms with Crippen molar-refractivity contribution >= 4 is 23.7 Å². The number of nitrogens with one attached hydrogen (secondary N) is 1. The van der Waals surface area contributed by atoms with Gasteiger partial charge in [-0.15, -0.1) is 0 Å². The summed E-state index contributed by atoms with van der Waals surface area (Å²) in [7, 11) is 1.29. The number of imide groups is 1. The highest BCUT2D eigenvalue weighted by atomic mass is 16.6. The van der Waals surface area contributed by atoms with Gasteiger partial charge in [0.05, 0.1) is 12.8 Å². The third-order valence-corrected chi connectivity index (χ3v) is 5.45. The molecule has 1 atom stereocenters. The minimum absolute atomic E-state index is 0.0712. The Morgan fingerprint density at radius 3 is 2.31 bits per heavy atom. The Morgan fingerprint density at radius 1 is 1.03 bits per heavy atom. The van der Waals surface area contributed by atoms with E-state index < -0.39 is 18.1 Å². The standard InChI is InChI=1S/C24H29N3O5/c1-31-23(29)21(25)15-17-7-9-20(10-8-17)27(22(28)19-11-13-26-14-12-19)24(30)32-16-18-5-3-2-4-6-18/h2-10,19,21,26H,11-16,25H2,1H3/t21-/m0/s1. The first-order chi connectivity index (χ1) is 15.5. The first-order valence-corrected chi connectivity index (χ1v) is 10.7. The SMILES string of the molecule is COC(=O)[C@@H](N)Cc1ccc(N(C(=O)OCc2ccccc2)C(=O)C2CCNCC2)cc1. The molecule has 32 heavy (non-hydrogen) atoms. The van der Waals surface area contributed by atoms with Crippen molar-refractivity contribution in [1.82, 2.24) is 5.32 Å². The van der Waals surface area contributed by atoms with Crippen molar-refractivity contribution < 1.29 is 23.9 Å². The van der Waals surface area contributed by atoms with Crippen LogP contribution >= 0.6 is 0 Å². The topological polar surface area (TPSA) is 111 Å². The second-order valence-electron chi connectivity index (χ2n) is 7.74. The lowest BCUT2D eigenvalue weighted by molar-refractivity contribution is -0.142. The molecule has 1 fully saturated rings. The van der Waals surface area contributed by atoms with Crippen LogP contribution in [0.3, 0.4) is 0 Å². The number of benzene rings is 2. The van der Waals surface area contributed by atoms with E-state index in [1.807, 2.05) is 30.3 Å². The highest BCUT2D eigenvalue weighted by Gasteiger charge is 2.32. The van der Waals surface area contributed by atoms with Gasteiger partial charge in [0.15, 0.2) is 0 Å². The van der Waals surface area contributed by atoms with Gasteiger partial charge in [0.1, 0.15) is 12.6 Å². The smallest absolute Gasteiger partial charge is 0.421 e. The number of piperidine rings is 1. The molecule has 0 aromatic heterocycles. The molecule has 2 amide bonds. The zero-order valence-electron chi connectivity index (χ0n) is 18.2.